The van der Waals surface area contributed by atoms with E-state index in [1.165, 1.54) is 0 Å². The van der Waals surface area contributed by atoms with Gasteiger partial charge in [0.15, 0.2) is 0 Å². The summed E-state index contributed by atoms with van der Waals surface area (Å²) in [6.45, 7) is 0.159. The van der Waals surface area contributed by atoms with Gasteiger partial charge >= 0.3 is 0 Å². The first kappa shape index (κ1) is 12.0. The summed E-state index contributed by atoms with van der Waals surface area (Å²) in [5, 5.41) is 8.63. The van der Waals surface area contributed by atoms with Crippen LogP contribution in [0.15, 0.2) is 0 Å². The van der Waals surface area contributed by atoms with Crippen LogP contribution in [0, 0.1) is 0 Å². The van der Waals surface area contributed by atoms with Crippen molar-refractivity contribution >= 4 is 23.7 Å². The van der Waals surface area contributed by atoms with Crippen LogP contribution in [-0.4, -0.2) is 46.5 Å². The highest BCUT2D eigenvalue weighted by molar-refractivity contribution is 7.98. The van der Waals surface area contributed by atoms with Gasteiger partial charge in [0.1, 0.15) is 5.82 Å². The molecule has 0 unspecified atom stereocenters. The van der Waals surface area contributed by atoms with Crippen LogP contribution < -0.4 is 10.6 Å². The molecule has 1 aromatic rings. The van der Waals surface area contributed by atoms with Gasteiger partial charge in [-0.05, 0) is 0 Å². The van der Waals surface area contributed by atoms with Crippen LogP contribution in [0.5, 0.6) is 0 Å². The minimum Gasteiger partial charge on any atom is -0.396 e. The molecule has 0 amide bonds. The van der Waals surface area contributed by atoms with Crippen LogP contribution in [0.4, 0.5) is 11.9 Å². The zero-order valence-corrected chi connectivity index (χ0v) is 9.66. The molecule has 7 heteroatoms. The van der Waals surface area contributed by atoms with Crippen LogP contribution in [-0.2, 0) is 5.75 Å². The van der Waals surface area contributed by atoms with Crippen LogP contribution in [0.3, 0.4) is 0 Å². The van der Waals surface area contributed by atoms with Gasteiger partial charge in [-0.25, -0.2) is 0 Å². The lowest BCUT2D eigenvalue weighted by Gasteiger charge is -2.11. The van der Waals surface area contributed by atoms with Crippen LogP contribution >= 0.6 is 11.8 Å². The highest BCUT2D eigenvalue weighted by Gasteiger charge is 2.05. The van der Waals surface area contributed by atoms with Crippen molar-refractivity contribution in [2.75, 3.05) is 37.1 Å². The molecule has 0 saturated heterocycles. The highest BCUT2D eigenvalue weighted by atomic mass is 32.2. The van der Waals surface area contributed by atoms with Gasteiger partial charge in [-0.2, -0.15) is 26.7 Å². The van der Waals surface area contributed by atoms with Gasteiger partial charge in [-0.1, -0.05) is 0 Å². The maximum absolute atomic E-state index is 8.63. The number of aliphatic hydroxyl groups excluding tert-OH is 1. The molecule has 0 fully saturated rings. The second kappa shape index (κ2) is 5.72. The zero-order chi connectivity index (χ0) is 11.3. The molecule has 15 heavy (non-hydrogen) atoms. The SMILES string of the molecule is CN(C)c1nc(N)nc(CSCCO)n1. The van der Waals surface area contributed by atoms with Crippen molar-refractivity contribution < 1.29 is 5.11 Å². The summed E-state index contributed by atoms with van der Waals surface area (Å²) in [7, 11) is 3.69. The standard InChI is InChI=1S/C8H15N5OS/c1-13(2)8-11-6(5-15-4-3-14)10-7(9)12-8/h14H,3-5H2,1-2H3,(H2,9,10,11,12). The second-order valence-corrected chi connectivity index (χ2v) is 4.19. The molecule has 0 saturated carbocycles. The Morgan fingerprint density at radius 2 is 2.07 bits per heavy atom. The fraction of sp³-hybridized carbons (Fsp3) is 0.625. The number of anilines is 2. The van der Waals surface area contributed by atoms with E-state index in [1.807, 2.05) is 14.1 Å². The molecule has 0 aliphatic heterocycles. The van der Waals surface area contributed by atoms with E-state index in [0.29, 0.717) is 23.3 Å². The molecule has 0 aromatic carbocycles. The second-order valence-electron chi connectivity index (χ2n) is 3.08. The Hall–Kier alpha value is -1.08. The van der Waals surface area contributed by atoms with Crippen LogP contribution in [0.25, 0.3) is 0 Å². The van der Waals surface area contributed by atoms with E-state index in [4.69, 9.17) is 10.8 Å². The summed E-state index contributed by atoms with van der Waals surface area (Å²) < 4.78 is 0. The van der Waals surface area contributed by atoms with E-state index in [-0.39, 0.29) is 12.6 Å². The number of nitrogens with zero attached hydrogens (tertiary/aromatic N) is 4. The quantitative estimate of drug-likeness (QED) is 0.673. The Morgan fingerprint density at radius 1 is 1.33 bits per heavy atom. The molecular formula is C8H15N5OS. The Kier molecular flexibility index (Phi) is 4.57. The Labute approximate surface area is 92.9 Å². The smallest absolute Gasteiger partial charge is 0.229 e. The number of rotatable bonds is 5. The lowest BCUT2D eigenvalue weighted by molar-refractivity contribution is 0.322. The van der Waals surface area contributed by atoms with Gasteiger partial charge < -0.3 is 15.7 Å². The van der Waals surface area contributed by atoms with Crippen molar-refractivity contribution in [3.05, 3.63) is 5.82 Å². The first-order valence-electron chi connectivity index (χ1n) is 4.50. The van der Waals surface area contributed by atoms with Crippen molar-refractivity contribution in [1.82, 2.24) is 15.0 Å². The van der Waals surface area contributed by atoms with E-state index in [0.717, 1.165) is 0 Å². The molecule has 0 aliphatic rings. The summed E-state index contributed by atoms with van der Waals surface area (Å²) in [5.74, 6) is 2.73. The average molecular weight is 229 g/mol. The largest absolute Gasteiger partial charge is 0.396 e. The number of aromatic nitrogens is 3. The topological polar surface area (TPSA) is 88.2 Å². The first-order valence-corrected chi connectivity index (χ1v) is 5.65. The molecule has 0 radical (unpaired) electrons. The summed E-state index contributed by atoms with van der Waals surface area (Å²) in [6.07, 6.45) is 0. The zero-order valence-electron chi connectivity index (χ0n) is 8.84. The predicted molar refractivity (Wildman–Crippen MR) is 61.8 cm³/mol. The number of hydrogen-bond acceptors (Lipinski definition) is 7. The molecule has 1 heterocycles. The van der Waals surface area contributed by atoms with Gasteiger partial charge in [0.25, 0.3) is 0 Å². The molecule has 3 N–H and O–H groups in total. The minimum atomic E-state index is 0.159. The molecular weight excluding hydrogens is 214 g/mol. The lowest BCUT2D eigenvalue weighted by atomic mass is 10.6. The van der Waals surface area contributed by atoms with E-state index in [9.17, 15) is 0 Å². The molecule has 0 aliphatic carbocycles. The van der Waals surface area contributed by atoms with Crippen molar-refractivity contribution in [3.8, 4) is 0 Å². The van der Waals surface area contributed by atoms with Crippen molar-refractivity contribution in [1.29, 1.82) is 0 Å². The Morgan fingerprint density at radius 3 is 2.67 bits per heavy atom. The number of nitrogens with two attached hydrogens (primary N) is 1. The fourth-order valence-electron chi connectivity index (χ4n) is 0.918. The Balaban J connectivity index is 2.71. The Bertz CT molecular complexity index is 320. The van der Waals surface area contributed by atoms with E-state index >= 15 is 0 Å². The third kappa shape index (κ3) is 3.88. The summed E-state index contributed by atoms with van der Waals surface area (Å²) in [4.78, 5) is 14.0. The van der Waals surface area contributed by atoms with E-state index in [1.54, 1.807) is 16.7 Å². The van der Waals surface area contributed by atoms with Crippen molar-refractivity contribution in [2.24, 2.45) is 0 Å². The van der Waals surface area contributed by atoms with Gasteiger partial charge in [-0.15, -0.1) is 0 Å². The molecule has 0 spiro atoms. The normalized spacial score (nSPS) is 10.3. The third-order valence-corrected chi connectivity index (χ3v) is 2.49. The maximum atomic E-state index is 8.63. The predicted octanol–water partition coefficient (Wildman–Crippen LogP) is -0.255. The van der Waals surface area contributed by atoms with Crippen molar-refractivity contribution in [3.63, 3.8) is 0 Å². The maximum Gasteiger partial charge on any atom is 0.229 e. The first-order chi connectivity index (χ1) is 7.13. The number of thioether (sulfide) groups is 1. The monoisotopic (exact) mass is 229 g/mol. The van der Waals surface area contributed by atoms with Crippen LogP contribution in [0.2, 0.25) is 0 Å². The van der Waals surface area contributed by atoms with Gasteiger partial charge in [-0.3, -0.25) is 0 Å². The molecule has 84 valence electrons. The summed E-state index contributed by atoms with van der Waals surface area (Å²) >= 11 is 1.56. The molecule has 1 rings (SSSR count). The van der Waals surface area contributed by atoms with Gasteiger partial charge in [0.05, 0.1) is 12.4 Å². The van der Waals surface area contributed by atoms with E-state index in [2.05, 4.69) is 15.0 Å². The molecule has 6 nitrogen and oxygen atoms in total. The van der Waals surface area contributed by atoms with E-state index < -0.39 is 0 Å². The number of aliphatic hydroxyl groups is 1. The minimum absolute atomic E-state index is 0.159. The average Bonchev–Trinajstić information content (AvgIpc) is 2.17. The summed E-state index contributed by atoms with van der Waals surface area (Å²) in [5.41, 5.74) is 5.55. The lowest BCUT2D eigenvalue weighted by Crippen LogP contribution is -2.16. The third-order valence-electron chi connectivity index (χ3n) is 1.55. The molecule has 1 aromatic heterocycles. The fourth-order valence-corrected chi connectivity index (χ4v) is 1.50. The molecule has 0 atom stereocenters. The highest BCUT2D eigenvalue weighted by Crippen LogP contribution is 2.11. The molecule has 0 bridgehead atoms. The number of hydrogen-bond donors (Lipinski definition) is 2. The van der Waals surface area contributed by atoms with Crippen LogP contribution in [0.1, 0.15) is 5.82 Å². The van der Waals surface area contributed by atoms with Gasteiger partial charge in [0.2, 0.25) is 11.9 Å². The summed E-state index contributed by atoms with van der Waals surface area (Å²) in [6, 6.07) is 0. The van der Waals surface area contributed by atoms with Gasteiger partial charge in [0, 0.05) is 19.8 Å². The van der Waals surface area contributed by atoms with Crippen molar-refractivity contribution in [2.45, 2.75) is 5.75 Å². The number of nitrogen functional groups attached to an aromatic ring is 1.